The fourth-order valence-electron chi connectivity index (χ4n) is 1.73. The zero-order valence-corrected chi connectivity index (χ0v) is 15.1. The van der Waals surface area contributed by atoms with Gasteiger partial charge >= 0.3 is 6.03 Å². The van der Waals surface area contributed by atoms with Gasteiger partial charge in [0.2, 0.25) is 11.8 Å². The summed E-state index contributed by atoms with van der Waals surface area (Å²) in [7, 11) is 1.45. The molecule has 0 aromatic carbocycles. The van der Waals surface area contributed by atoms with E-state index in [4.69, 9.17) is 9.02 Å². The van der Waals surface area contributed by atoms with E-state index in [1.807, 2.05) is 19.2 Å². The lowest BCUT2D eigenvalue weighted by atomic mass is 10.3. The minimum absolute atomic E-state index is 0.0267. The number of hydrogen-bond donors (Lipinski definition) is 3. The molecule has 2 heterocycles. The summed E-state index contributed by atoms with van der Waals surface area (Å²) in [5.74, 6) is 0.332. The highest BCUT2D eigenvalue weighted by Crippen LogP contribution is 2.26. The van der Waals surface area contributed by atoms with Crippen LogP contribution in [0, 0.1) is 20.8 Å². The number of carbonyl (C=O) groups excluding carboxylic acids is 1. The van der Waals surface area contributed by atoms with Crippen LogP contribution < -0.4 is 20.3 Å². The molecule has 0 saturated heterocycles. The highest BCUT2D eigenvalue weighted by Gasteiger charge is 2.12. The Kier molecular flexibility index (Phi) is 6.06. The second kappa shape index (κ2) is 8.04. The molecule has 0 aliphatic rings. The first kappa shape index (κ1) is 18.1. The van der Waals surface area contributed by atoms with Gasteiger partial charge in [-0.15, -0.1) is 11.3 Å². The van der Waals surface area contributed by atoms with Gasteiger partial charge in [-0.25, -0.2) is 24.2 Å². The number of thiophene rings is 1. The predicted molar refractivity (Wildman–Crippen MR) is 92.1 cm³/mol. The number of urea groups is 1. The van der Waals surface area contributed by atoms with Crippen LogP contribution in [0.25, 0.3) is 0 Å². The maximum absolute atomic E-state index is 11.8. The van der Waals surface area contributed by atoms with Crippen LogP contribution in [0.3, 0.4) is 0 Å². The Morgan fingerprint density at radius 1 is 1.29 bits per heavy atom. The van der Waals surface area contributed by atoms with E-state index in [0.29, 0.717) is 11.6 Å². The molecular formula is C13H17N5O4S2. The number of nitrogens with zero attached hydrogens (tertiary/aromatic N) is 2. The molecule has 9 nitrogen and oxygen atoms in total. The topological polar surface area (TPSA) is 114 Å². The van der Waals surface area contributed by atoms with Gasteiger partial charge in [0.05, 0.1) is 12.8 Å². The van der Waals surface area contributed by atoms with Gasteiger partial charge in [0, 0.05) is 16.6 Å². The van der Waals surface area contributed by atoms with Gasteiger partial charge in [-0.3, -0.25) is 5.32 Å². The van der Waals surface area contributed by atoms with Gasteiger partial charge in [-0.05, 0) is 31.7 Å². The third-order valence-corrected chi connectivity index (χ3v) is 4.44. The van der Waals surface area contributed by atoms with Crippen molar-refractivity contribution in [3.8, 4) is 5.88 Å². The first-order chi connectivity index (χ1) is 11.4. The van der Waals surface area contributed by atoms with Crippen LogP contribution >= 0.6 is 11.3 Å². The van der Waals surface area contributed by atoms with Crippen LogP contribution in [0.5, 0.6) is 5.88 Å². The Hall–Kier alpha value is -2.24. The fraction of sp³-hybridized carbons (Fsp3) is 0.308. The van der Waals surface area contributed by atoms with E-state index in [2.05, 4.69) is 25.5 Å². The Balaban J connectivity index is 1.88. The lowest BCUT2D eigenvalue weighted by Gasteiger charge is -2.09. The molecule has 130 valence electrons. The van der Waals surface area contributed by atoms with Crippen LogP contribution in [0.1, 0.15) is 16.1 Å². The van der Waals surface area contributed by atoms with E-state index in [1.165, 1.54) is 18.4 Å². The van der Waals surface area contributed by atoms with Crippen molar-refractivity contribution in [2.24, 2.45) is 0 Å². The van der Waals surface area contributed by atoms with Crippen molar-refractivity contribution in [1.29, 1.82) is 0 Å². The molecule has 0 aliphatic carbocycles. The smallest absolute Gasteiger partial charge is 0.335 e. The number of carbonyl (C=O) groups is 1. The summed E-state index contributed by atoms with van der Waals surface area (Å²) >= 11 is -0.559. The molecule has 3 N–H and O–H groups in total. The van der Waals surface area contributed by atoms with E-state index < -0.39 is 17.3 Å². The molecule has 1 unspecified atom stereocenters. The number of amides is 2. The molecule has 0 aliphatic heterocycles. The normalized spacial score (nSPS) is 11.7. The maximum atomic E-state index is 11.8. The predicted octanol–water partition coefficient (Wildman–Crippen LogP) is 2.22. The number of ether oxygens (including phenoxy) is 1. The molecule has 2 aromatic heterocycles. The number of anilines is 2. The number of hydrogen-bond acceptors (Lipinski definition) is 8. The van der Waals surface area contributed by atoms with E-state index in [9.17, 15) is 9.00 Å². The zero-order valence-electron chi connectivity index (χ0n) is 13.5. The van der Waals surface area contributed by atoms with Crippen molar-refractivity contribution >= 4 is 40.3 Å². The number of aromatic nitrogens is 2. The summed E-state index contributed by atoms with van der Waals surface area (Å²) < 4.78 is 23.8. The molecule has 1 atom stereocenters. The lowest BCUT2D eigenvalue weighted by Crippen LogP contribution is -2.33. The van der Waals surface area contributed by atoms with E-state index in [0.717, 1.165) is 16.1 Å². The average molecular weight is 371 g/mol. The monoisotopic (exact) mass is 371 g/mol. The average Bonchev–Trinajstić information content (AvgIpc) is 2.83. The van der Waals surface area contributed by atoms with Crippen molar-refractivity contribution in [2.75, 3.05) is 17.9 Å². The summed E-state index contributed by atoms with van der Waals surface area (Å²) in [5, 5.41) is 4.29. The number of rotatable bonds is 6. The van der Waals surface area contributed by atoms with Crippen molar-refractivity contribution in [3.05, 3.63) is 27.6 Å². The SMILES string of the molecule is COc1cc(C)nc(NC(=O)NS(=O)ONc2c(C)csc2C)n1. The van der Waals surface area contributed by atoms with Gasteiger partial charge in [0.1, 0.15) is 0 Å². The number of aryl methyl sites for hydroxylation is 3. The van der Waals surface area contributed by atoms with Gasteiger partial charge in [-0.2, -0.15) is 9.27 Å². The van der Waals surface area contributed by atoms with Crippen LogP contribution in [0.4, 0.5) is 16.4 Å². The highest BCUT2D eigenvalue weighted by molar-refractivity contribution is 7.78. The zero-order chi connectivity index (χ0) is 17.7. The minimum Gasteiger partial charge on any atom is -0.481 e. The first-order valence-corrected chi connectivity index (χ1v) is 8.71. The standard InChI is InChI=1S/C13H17N5O4S2/c1-7-6-23-9(3)11(7)17-22-24(20)18-13(19)16-12-14-8(2)5-10(15-12)21-4/h5-6,17H,1-4H3,(H2,14,15,16,18,19). The summed E-state index contributed by atoms with van der Waals surface area (Å²) in [6.07, 6.45) is 0. The molecule has 0 fully saturated rings. The van der Waals surface area contributed by atoms with Crippen molar-refractivity contribution in [1.82, 2.24) is 14.7 Å². The van der Waals surface area contributed by atoms with Gasteiger partial charge < -0.3 is 4.74 Å². The Labute approximate surface area is 145 Å². The molecule has 2 amide bonds. The third kappa shape index (κ3) is 4.88. The fourth-order valence-corrected chi connectivity index (χ4v) is 2.92. The first-order valence-electron chi connectivity index (χ1n) is 6.76. The second-order valence-corrected chi connectivity index (χ2v) is 6.63. The van der Waals surface area contributed by atoms with Gasteiger partial charge in [0.25, 0.3) is 11.3 Å². The summed E-state index contributed by atoms with van der Waals surface area (Å²) in [5.41, 5.74) is 4.87. The maximum Gasteiger partial charge on any atom is 0.335 e. The molecule has 0 saturated carbocycles. The van der Waals surface area contributed by atoms with Gasteiger partial charge in [-0.1, -0.05) is 0 Å². The molecule has 2 rings (SSSR count). The Morgan fingerprint density at radius 3 is 2.67 bits per heavy atom. The Morgan fingerprint density at radius 2 is 2.04 bits per heavy atom. The molecule has 0 radical (unpaired) electrons. The third-order valence-electron chi connectivity index (χ3n) is 2.82. The highest BCUT2D eigenvalue weighted by atomic mass is 32.2. The quantitative estimate of drug-likeness (QED) is 0.667. The molecule has 0 spiro atoms. The number of methoxy groups -OCH3 is 1. The molecular weight excluding hydrogens is 354 g/mol. The molecule has 2 aromatic rings. The minimum atomic E-state index is -2.09. The van der Waals surface area contributed by atoms with Crippen molar-refractivity contribution in [2.45, 2.75) is 20.8 Å². The molecule has 0 bridgehead atoms. The van der Waals surface area contributed by atoms with E-state index in [-0.39, 0.29) is 5.95 Å². The second-order valence-electron chi connectivity index (χ2n) is 4.70. The van der Waals surface area contributed by atoms with Gasteiger partial charge in [0.15, 0.2) is 0 Å². The summed E-state index contributed by atoms with van der Waals surface area (Å²) in [6, 6.07) is 0.835. The summed E-state index contributed by atoms with van der Waals surface area (Å²) in [4.78, 5) is 20.7. The summed E-state index contributed by atoms with van der Waals surface area (Å²) in [6.45, 7) is 5.51. The van der Waals surface area contributed by atoms with Crippen LogP contribution in [0.2, 0.25) is 0 Å². The Bertz CT molecular complexity index is 745. The van der Waals surface area contributed by atoms with E-state index in [1.54, 1.807) is 13.0 Å². The van der Waals surface area contributed by atoms with E-state index >= 15 is 0 Å². The number of nitrogens with one attached hydrogen (secondary N) is 3. The molecule has 24 heavy (non-hydrogen) atoms. The van der Waals surface area contributed by atoms with Crippen LogP contribution in [-0.2, 0) is 15.6 Å². The largest absolute Gasteiger partial charge is 0.481 e. The molecule has 11 heteroatoms. The van der Waals surface area contributed by atoms with Crippen LogP contribution in [-0.4, -0.2) is 27.3 Å². The van der Waals surface area contributed by atoms with Crippen molar-refractivity contribution < 1.29 is 18.0 Å². The lowest BCUT2D eigenvalue weighted by molar-refractivity contribution is 0.256. The van der Waals surface area contributed by atoms with Crippen LogP contribution in [0.15, 0.2) is 11.4 Å². The van der Waals surface area contributed by atoms with Crippen molar-refractivity contribution in [3.63, 3.8) is 0 Å².